The molecule has 1 saturated heterocycles. The van der Waals surface area contributed by atoms with Gasteiger partial charge in [-0.3, -0.25) is 0 Å². The van der Waals surface area contributed by atoms with Gasteiger partial charge in [0.2, 0.25) is 0 Å². The number of hydrogen-bond donors (Lipinski definition) is 3. The van der Waals surface area contributed by atoms with Gasteiger partial charge in [0.25, 0.3) is 0 Å². The molecule has 22 heavy (non-hydrogen) atoms. The Kier molecular flexibility index (Phi) is 6.94. The van der Waals surface area contributed by atoms with Gasteiger partial charge < -0.3 is 15.7 Å². The summed E-state index contributed by atoms with van der Waals surface area (Å²) in [6.07, 6.45) is 8.27. The largest absolute Gasteiger partial charge is 0.508 e. The fraction of sp³-hybridized carbons (Fsp3) is 0.579. The number of unbranched alkanes of at least 4 members (excludes halogenated alkanes) is 2. The third kappa shape index (κ3) is 5.82. The molecule has 3 heteroatoms. The van der Waals surface area contributed by atoms with Gasteiger partial charge in [-0.2, -0.15) is 0 Å². The first kappa shape index (κ1) is 17.0. The molecule has 0 aromatic heterocycles. The van der Waals surface area contributed by atoms with Gasteiger partial charge in [-0.05, 0) is 68.1 Å². The zero-order valence-electron chi connectivity index (χ0n) is 14.0. The number of rotatable bonds is 10. The van der Waals surface area contributed by atoms with E-state index in [-0.39, 0.29) is 0 Å². The van der Waals surface area contributed by atoms with Crippen LogP contribution in [-0.2, 0) is 0 Å². The number of aromatic hydroxyl groups is 1. The van der Waals surface area contributed by atoms with Gasteiger partial charge >= 0.3 is 0 Å². The lowest BCUT2D eigenvalue weighted by Gasteiger charge is -2.13. The van der Waals surface area contributed by atoms with Crippen molar-refractivity contribution in [2.45, 2.75) is 52.0 Å². The van der Waals surface area contributed by atoms with Crippen molar-refractivity contribution in [1.82, 2.24) is 10.6 Å². The van der Waals surface area contributed by atoms with Crippen LogP contribution in [0, 0.1) is 6.92 Å². The summed E-state index contributed by atoms with van der Waals surface area (Å²) in [5.74, 6) is 0.354. The molecule has 1 atom stereocenters. The number of aryl methyl sites for hydroxylation is 1. The maximum absolute atomic E-state index is 9.79. The molecule has 0 bridgehead atoms. The van der Waals surface area contributed by atoms with Gasteiger partial charge in [-0.1, -0.05) is 31.9 Å². The second kappa shape index (κ2) is 8.96. The van der Waals surface area contributed by atoms with Gasteiger partial charge in [-0.25, -0.2) is 0 Å². The van der Waals surface area contributed by atoms with Gasteiger partial charge in [0.15, 0.2) is 0 Å². The first-order valence-electron chi connectivity index (χ1n) is 8.64. The molecule has 1 unspecified atom stereocenters. The van der Waals surface area contributed by atoms with Gasteiger partial charge in [0, 0.05) is 12.6 Å². The smallest absolute Gasteiger partial charge is 0.116 e. The zero-order valence-corrected chi connectivity index (χ0v) is 14.0. The van der Waals surface area contributed by atoms with E-state index in [1.54, 1.807) is 6.07 Å². The van der Waals surface area contributed by atoms with Crippen LogP contribution in [0.5, 0.6) is 5.75 Å². The molecule has 1 aromatic carbocycles. The van der Waals surface area contributed by atoms with Crippen molar-refractivity contribution in [1.29, 1.82) is 0 Å². The minimum Gasteiger partial charge on any atom is -0.508 e. The summed E-state index contributed by atoms with van der Waals surface area (Å²) in [6.45, 7) is 7.59. The standard InChI is InChI=1S/C19H30N2O/c1-3-4-5-11-20-12-10-16(7-8-17-14-21-17)19-13-18(22)9-6-15(19)2/h6-7,9,13,17,20-22H,3-5,8,10-12,14H2,1-2H3/b16-7-. The average Bonchev–Trinajstić information content (AvgIpc) is 3.33. The number of benzene rings is 1. The van der Waals surface area contributed by atoms with Crippen molar-refractivity contribution in [2.75, 3.05) is 19.6 Å². The van der Waals surface area contributed by atoms with Crippen LogP contribution in [0.15, 0.2) is 24.3 Å². The summed E-state index contributed by atoms with van der Waals surface area (Å²) in [6, 6.07) is 6.33. The summed E-state index contributed by atoms with van der Waals surface area (Å²) in [7, 11) is 0. The predicted molar refractivity (Wildman–Crippen MR) is 94.2 cm³/mol. The van der Waals surface area contributed by atoms with Gasteiger partial charge in [-0.15, -0.1) is 0 Å². The molecule has 0 amide bonds. The lowest BCUT2D eigenvalue weighted by atomic mass is 9.96. The topological polar surface area (TPSA) is 54.2 Å². The van der Waals surface area contributed by atoms with Crippen molar-refractivity contribution >= 4 is 5.57 Å². The number of phenolic OH excluding ortho intramolecular Hbond substituents is 1. The van der Waals surface area contributed by atoms with Gasteiger partial charge in [0.05, 0.1) is 0 Å². The van der Waals surface area contributed by atoms with Crippen LogP contribution in [0.4, 0.5) is 0 Å². The fourth-order valence-electron chi connectivity index (χ4n) is 2.69. The SMILES string of the molecule is CCCCCNCC/C(=C/CC1CN1)c1cc(O)ccc1C. The predicted octanol–water partition coefficient (Wildman–Crippen LogP) is 3.62. The molecule has 3 nitrogen and oxygen atoms in total. The Balaban J connectivity index is 1.93. The Labute approximate surface area is 134 Å². The van der Waals surface area contributed by atoms with Crippen LogP contribution in [0.3, 0.4) is 0 Å². The molecule has 1 heterocycles. The fourth-order valence-corrected chi connectivity index (χ4v) is 2.69. The third-order valence-electron chi connectivity index (χ3n) is 4.24. The van der Waals surface area contributed by atoms with Crippen molar-refractivity contribution < 1.29 is 5.11 Å². The highest BCUT2D eigenvalue weighted by Crippen LogP contribution is 2.26. The summed E-state index contributed by atoms with van der Waals surface area (Å²) in [5.41, 5.74) is 3.78. The first-order valence-corrected chi connectivity index (χ1v) is 8.64. The number of phenols is 1. The summed E-state index contributed by atoms with van der Waals surface area (Å²) >= 11 is 0. The molecule has 0 spiro atoms. The molecule has 1 fully saturated rings. The zero-order chi connectivity index (χ0) is 15.8. The van der Waals surface area contributed by atoms with Crippen molar-refractivity contribution in [3.05, 3.63) is 35.4 Å². The Hall–Kier alpha value is -1.32. The van der Waals surface area contributed by atoms with Crippen LogP contribution < -0.4 is 10.6 Å². The Morgan fingerprint density at radius 1 is 1.36 bits per heavy atom. The molecule has 122 valence electrons. The quantitative estimate of drug-likeness (QED) is 0.457. The Morgan fingerprint density at radius 3 is 2.91 bits per heavy atom. The van der Waals surface area contributed by atoms with E-state index in [1.165, 1.54) is 36.0 Å². The minimum atomic E-state index is 0.354. The van der Waals surface area contributed by atoms with Crippen LogP contribution in [0.2, 0.25) is 0 Å². The molecule has 1 aliphatic heterocycles. The first-order chi connectivity index (χ1) is 10.7. The van der Waals surface area contributed by atoms with Crippen LogP contribution in [0.1, 0.15) is 50.2 Å². The summed E-state index contributed by atoms with van der Waals surface area (Å²) in [5, 5.41) is 16.7. The summed E-state index contributed by atoms with van der Waals surface area (Å²) < 4.78 is 0. The van der Waals surface area contributed by atoms with Crippen molar-refractivity contribution in [2.24, 2.45) is 0 Å². The van der Waals surface area contributed by atoms with Crippen molar-refractivity contribution in [3.63, 3.8) is 0 Å². The molecular weight excluding hydrogens is 272 g/mol. The molecule has 0 radical (unpaired) electrons. The van der Waals surface area contributed by atoms with E-state index in [9.17, 15) is 5.11 Å². The van der Waals surface area contributed by atoms with Crippen LogP contribution in [0.25, 0.3) is 5.57 Å². The maximum atomic E-state index is 9.79. The van der Waals surface area contributed by atoms with Crippen LogP contribution >= 0.6 is 0 Å². The molecular formula is C19H30N2O. The van der Waals surface area contributed by atoms with Crippen LogP contribution in [-0.4, -0.2) is 30.8 Å². The van der Waals surface area contributed by atoms with E-state index >= 15 is 0 Å². The summed E-state index contributed by atoms with van der Waals surface area (Å²) in [4.78, 5) is 0. The molecule has 0 aliphatic carbocycles. The molecule has 0 saturated carbocycles. The van der Waals surface area contributed by atoms with E-state index in [0.717, 1.165) is 32.5 Å². The monoisotopic (exact) mass is 302 g/mol. The Morgan fingerprint density at radius 2 is 2.18 bits per heavy atom. The average molecular weight is 302 g/mol. The second-order valence-electron chi connectivity index (χ2n) is 6.28. The van der Waals surface area contributed by atoms with E-state index < -0.39 is 0 Å². The number of nitrogens with one attached hydrogen (secondary N) is 2. The third-order valence-corrected chi connectivity index (χ3v) is 4.24. The lowest BCUT2D eigenvalue weighted by Crippen LogP contribution is -2.17. The lowest BCUT2D eigenvalue weighted by molar-refractivity contribution is 0.475. The van der Waals surface area contributed by atoms with E-state index in [4.69, 9.17) is 0 Å². The Bertz CT molecular complexity index is 492. The highest BCUT2D eigenvalue weighted by atomic mass is 16.3. The maximum Gasteiger partial charge on any atom is 0.116 e. The van der Waals surface area contributed by atoms with Crippen molar-refractivity contribution in [3.8, 4) is 5.75 Å². The molecule has 3 N–H and O–H groups in total. The van der Waals surface area contributed by atoms with E-state index in [2.05, 4.69) is 30.6 Å². The van der Waals surface area contributed by atoms with E-state index in [0.29, 0.717) is 11.8 Å². The second-order valence-corrected chi connectivity index (χ2v) is 6.28. The molecule has 1 aromatic rings. The number of hydrogen-bond acceptors (Lipinski definition) is 3. The highest BCUT2D eigenvalue weighted by Gasteiger charge is 2.18. The molecule has 2 rings (SSSR count). The van der Waals surface area contributed by atoms with E-state index in [1.807, 2.05) is 12.1 Å². The minimum absolute atomic E-state index is 0.354. The van der Waals surface area contributed by atoms with Gasteiger partial charge in [0.1, 0.15) is 5.75 Å². The normalized spacial score (nSPS) is 17.7. The highest BCUT2D eigenvalue weighted by molar-refractivity contribution is 5.69. The molecule has 1 aliphatic rings.